The van der Waals surface area contributed by atoms with Crippen molar-refractivity contribution in [1.29, 1.82) is 0 Å². The van der Waals surface area contributed by atoms with Crippen molar-refractivity contribution in [3.63, 3.8) is 0 Å². The standard InChI is InChI=1S/C9H6FNO2/c10-11(9(12)13)6-5-7-3-1-2-4-8(7)11/h1-6H/p+1. The van der Waals surface area contributed by atoms with Gasteiger partial charge in [-0.25, -0.2) is 0 Å². The number of halogens is 1. The van der Waals surface area contributed by atoms with Crippen molar-refractivity contribution in [1.82, 2.24) is 4.71 Å². The maximum atomic E-state index is 13.7. The third kappa shape index (κ3) is 0.957. The number of rotatable bonds is 0. The van der Waals surface area contributed by atoms with Crippen molar-refractivity contribution < 1.29 is 14.4 Å². The van der Waals surface area contributed by atoms with E-state index in [0.717, 1.165) is 6.20 Å². The van der Waals surface area contributed by atoms with Crippen LogP contribution < -0.4 is 4.71 Å². The van der Waals surface area contributed by atoms with Crippen LogP contribution >= 0.6 is 0 Å². The highest BCUT2D eigenvalue weighted by molar-refractivity contribution is 5.88. The number of para-hydroxylation sites is 1. The molecule has 0 aliphatic carbocycles. The van der Waals surface area contributed by atoms with Gasteiger partial charge < -0.3 is 5.11 Å². The smallest absolute Gasteiger partial charge is 0.432 e. The largest absolute Gasteiger partial charge is 0.563 e. The fourth-order valence-corrected chi connectivity index (χ4v) is 1.35. The van der Waals surface area contributed by atoms with Crippen molar-refractivity contribution in [3.05, 3.63) is 36.0 Å². The minimum atomic E-state index is -1.66. The summed E-state index contributed by atoms with van der Waals surface area (Å²) in [5, 5.41) is 8.67. The molecule has 13 heavy (non-hydrogen) atoms. The summed E-state index contributed by atoms with van der Waals surface area (Å²) in [4.78, 5) is 10.6. The molecule has 1 N–H and O–H groups in total. The van der Waals surface area contributed by atoms with E-state index < -0.39 is 10.8 Å². The summed E-state index contributed by atoms with van der Waals surface area (Å²) in [6.07, 6.45) is 0.942. The normalized spacial score (nSPS) is 24.4. The molecule has 0 saturated heterocycles. The lowest BCUT2D eigenvalue weighted by Gasteiger charge is -2.10. The first-order chi connectivity index (χ1) is 6.14. The van der Waals surface area contributed by atoms with E-state index in [1.807, 2.05) is 0 Å². The quantitative estimate of drug-likeness (QED) is 0.623. The highest BCUT2D eigenvalue weighted by Gasteiger charge is 2.45. The number of carboxylic acid groups (broad SMARTS) is 1. The molecule has 0 saturated carbocycles. The van der Waals surface area contributed by atoms with Crippen LogP contribution in [0.5, 0.6) is 0 Å². The van der Waals surface area contributed by atoms with Gasteiger partial charge in [-0.15, -0.1) is 0 Å². The van der Waals surface area contributed by atoms with Crippen LogP contribution in [0.4, 0.5) is 15.0 Å². The summed E-state index contributed by atoms with van der Waals surface area (Å²) < 4.78 is 12.0. The Morgan fingerprint density at radius 3 is 2.77 bits per heavy atom. The Balaban J connectivity index is 2.61. The molecule has 0 fully saturated rings. The average molecular weight is 180 g/mol. The van der Waals surface area contributed by atoms with Gasteiger partial charge in [-0.1, -0.05) is 12.1 Å². The summed E-state index contributed by atoms with van der Waals surface area (Å²) in [6, 6.07) is 6.49. The zero-order chi connectivity index (χ0) is 9.47. The second kappa shape index (κ2) is 2.40. The fourth-order valence-electron chi connectivity index (χ4n) is 1.35. The second-order valence-corrected chi connectivity index (χ2v) is 2.79. The lowest BCUT2D eigenvalue weighted by molar-refractivity contribution is 0.0795. The molecule has 0 spiro atoms. The number of hydrogen-bond donors (Lipinski definition) is 1. The van der Waals surface area contributed by atoms with Gasteiger partial charge in [0, 0.05) is 26.9 Å². The minimum Gasteiger partial charge on any atom is -0.432 e. The van der Waals surface area contributed by atoms with E-state index in [0.29, 0.717) is 5.56 Å². The molecular formula is C9H7FNO2+. The summed E-state index contributed by atoms with van der Waals surface area (Å²) >= 11 is 0. The molecule has 66 valence electrons. The highest BCUT2D eigenvalue weighted by atomic mass is 19.2. The molecule has 0 radical (unpaired) electrons. The van der Waals surface area contributed by atoms with E-state index in [-0.39, 0.29) is 5.69 Å². The van der Waals surface area contributed by atoms with E-state index >= 15 is 0 Å². The Labute approximate surface area is 73.9 Å². The summed E-state index contributed by atoms with van der Waals surface area (Å²) in [6.45, 7) is 0. The van der Waals surface area contributed by atoms with Crippen LogP contribution in [0.15, 0.2) is 30.5 Å². The monoisotopic (exact) mass is 180 g/mol. The van der Waals surface area contributed by atoms with Gasteiger partial charge in [0.1, 0.15) is 0 Å². The van der Waals surface area contributed by atoms with Gasteiger partial charge in [-0.3, -0.25) is 0 Å². The van der Waals surface area contributed by atoms with Crippen molar-refractivity contribution in [2.45, 2.75) is 0 Å². The molecule has 4 heteroatoms. The molecule has 0 bridgehead atoms. The van der Waals surface area contributed by atoms with E-state index in [4.69, 9.17) is 5.11 Å². The summed E-state index contributed by atoms with van der Waals surface area (Å²) in [5.41, 5.74) is 0.752. The number of benzene rings is 1. The van der Waals surface area contributed by atoms with Crippen LogP contribution in [-0.4, -0.2) is 11.2 Å². The molecule has 1 aliphatic heterocycles. The number of quaternary nitrogens is 1. The minimum absolute atomic E-state index is 0.148. The van der Waals surface area contributed by atoms with Crippen molar-refractivity contribution in [2.75, 3.05) is 0 Å². The number of nitrogens with zero attached hydrogens (tertiary/aromatic N) is 1. The van der Waals surface area contributed by atoms with Gasteiger partial charge in [0.15, 0.2) is 11.9 Å². The molecular weight excluding hydrogens is 173 g/mol. The molecule has 1 amide bonds. The summed E-state index contributed by atoms with van der Waals surface area (Å²) in [5.74, 6) is 0. The molecule has 3 nitrogen and oxygen atoms in total. The molecule has 1 heterocycles. The first-order valence-corrected chi connectivity index (χ1v) is 3.75. The third-order valence-electron chi connectivity index (χ3n) is 2.03. The van der Waals surface area contributed by atoms with Gasteiger partial charge in [-0.05, 0) is 6.07 Å². The summed E-state index contributed by atoms with van der Waals surface area (Å²) in [7, 11) is 0. The lowest BCUT2D eigenvalue weighted by atomic mass is 10.2. The Kier molecular flexibility index (Phi) is 1.47. The van der Waals surface area contributed by atoms with E-state index in [1.165, 1.54) is 12.1 Å². The molecule has 1 unspecified atom stereocenters. The van der Waals surface area contributed by atoms with Crippen LogP contribution in [0.1, 0.15) is 5.56 Å². The SMILES string of the molecule is O=C(O)[N+]1(F)C=Cc2ccccc21. The number of hydrogen-bond acceptors (Lipinski definition) is 1. The van der Waals surface area contributed by atoms with Crippen molar-refractivity contribution in [3.8, 4) is 0 Å². The second-order valence-electron chi connectivity index (χ2n) is 2.79. The number of amides is 1. The molecule has 1 atom stereocenters. The fraction of sp³-hybridized carbons (Fsp3) is 0. The van der Waals surface area contributed by atoms with Gasteiger partial charge >= 0.3 is 6.09 Å². The van der Waals surface area contributed by atoms with Crippen LogP contribution in [0.3, 0.4) is 0 Å². The van der Waals surface area contributed by atoms with Gasteiger partial charge in [-0.2, -0.15) is 4.79 Å². The van der Waals surface area contributed by atoms with Gasteiger partial charge in [0.2, 0.25) is 0 Å². The van der Waals surface area contributed by atoms with E-state index in [1.54, 1.807) is 18.2 Å². The third-order valence-corrected chi connectivity index (χ3v) is 2.03. The van der Waals surface area contributed by atoms with E-state index in [9.17, 15) is 9.28 Å². The Morgan fingerprint density at radius 1 is 1.38 bits per heavy atom. The van der Waals surface area contributed by atoms with Crippen LogP contribution in [0.2, 0.25) is 0 Å². The molecule has 1 aromatic carbocycles. The first kappa shape index (κ1) is 7.94. The Hall–Kier alpha value is -1.68. The van der Waals surface area contributed by atoms with Crippen LogP contribution in [0.25, 0.3) is 6.08 Å². The van der Waals surface area contributed by atoms with Gasteiger partial charge in [0.05, 0.1) is 0 Å². The van der Waals surface area contributed by atoms with Crippen molar-refractivity contribution in [2.24, 2.45) is 0 Å². The van der Waals surface area contributed by atoms with Crippen LogP contribution in [0, 0.1) is 0 Å². The highest BCUT2D eigenvalue weighted by Crippen LogP contribution is 2.35. The Bertz CT molecular complexity index is 402. The van der Waals surface area contributed by atoms with Gasteiger partial charge in [0.25, 0.3) is 0 Å². The Morgan fingerprint density at radius 2 is 2.08 bits per heavy atom. The van der Waals surface area contributed by atoms with E-state index in [2.05, 4.69) is 0 Å². The average Bonchev–Trinajstić information content (AvgIpc) is 2.47. The zero-order valence-electron chi connectivity index (χ0n) is 6.64. The zero-order valence-corrected chi connectivity index (χ0v) is 6.64. The predicted molar refractivity (Wildman–Crippen MR) is 46.4 cm³/mol. The van der Waals surface area contributed by atoms with Crippen molar-refractivity contribution >= 4 is 17.9 Å². The molecule has 1 aromatic rings. The van der Waals surface area contributed by atoms with Crippen LogP contribution in [-0.2, 0) is 0 Å². The topological polar surface area (TPSA) is 37.3 Å². The number of carbonyl (C=O) groups is 1. The number of fused-ring (bicyclic) bond motifs is 1. The molecule has 2 rings (SSSR count). The first-order valence-electron chi connectivity index (χ1n) is 3.75. The maximum absolute atomic E-state index is 13.7. The molecule has 1 aliphatic rings. The maximum Gasteiger partial charge on any atom is 0.563 e. The molecule has 0 aromatic heterocycles. The lowest BCUT2D eigenvalue weighted by Crippen LogP contribution is -2.38. The predicted octanol–water partition coefficient (Wildman–Crippen LogP) is 2.54.